The Labute approximate surface area is 258 Å². The van der Waals surface area contributed by atoms with E-state index in [1.54, 1.807) is 0 Å². The highest BCUT2D eigenvalue weighted by atomic mass is 14.9. The first-order chi connectivity index (χ1) is 21.7. The molecule has 0 N–H and O–H groups in total. The van der Waals surface area contributed by atoms with Crippen molar-refractivity contribution in [3.8, 4) is 62.2 Å². The van der Waals surface area contributed by atoms with Gasteiger partial charge in [-0.3, -0.25) is 0 Å². The second-order valence-corrected chi connectivity index (χ2v) is 12.0. The van der Waals surface area contributed by atoms with Crippen LogP contribution in [0.25, 0.3) is 56.2 Å². The summed E-state index contributed by atoms with van der Waals surface area (Å²) >= 11 is 0. The number of hydrogen-bond acceptors (Lipinski definition) is 3. The van der Waals surface area contributed by atoms with E-state index in [0.717, 1.165) is 52.0 Å². The first-order valence-electron chi connectivity index (χ1n) is 15.5. The van der Waals surface area contributed by atoms with Crippen LogP contribution in [-0.2, 0) is 5.41 Å². The van der Waals surface area contributed by atoms with Crippen LogP contribution >= 0.6 is 0 Å². The predicted molar refractivity (Wildman–Crippen MR) is 178 cm³/mol. The van der Waals surface area contributed by atoms with Gasteiger partial charge in [0.15, 0.2) is 5.82 Å². The van der Waals surface area contributed by atoms with Crippen LogP contribution in [0.4, 0.5) is 0 Å². The minimum absolute atomic E-state index is 0.00957. The summed E-state index contributed by atoms with van der Waals surface area (Å²) in [6.45, 7) is 0. The zero-order chi connectivity index (χ0) is 29.5. The van der Waals surface area contributed by atoms with Crippen molar-refractivity contribution in [1.82, 2.24) is 9.97 Å². The van der Waals surface area contributed by atoms with Gasteiger partial charge in [0.2, 0.25) is 0 Å². The molecule has 44 heavy (non-hydrogen) atoms. The Kier molecular flexibility index (Phi) is 6.42. The lowest BCUT2D eigenvalue weighted by Crippen LogP contribution is -2.28. The Morgan fingerprint density at radius 3 is 1.93 bits per heavy atom. The monoisotopic (exact) mass is 565 g/mol. The van der Waals surface area contributed by atoms with Crippen LogP contribution in [0, 0.1) is 11.3 Å². The number of hydrogen-bond donors (Lipinski definition) is 0. The highest BCUT2D eigenvalue weighted by Crippen LogP contribution is 2.56. The van der Waals surface area contributed by atoms with E-state index in [9.17, 15) is 5.26 Å². The standard InChI is InChI=1S/C41H31N3/c42-27-28-18-20-33-35-25-31(19-21-36(35)41(37(33)24-28)22-10-3-11-23-41)32-16-8-9-17-34(32)39-26-38(29-12-4-1-5-13-29)43-40(44-39)30-14-6-2-7-15-30/h1-2,4-9,12-21,24-26H,3,10-11,22-23H2. The third kappa shape index (κ3) is 4.34. The summed E-state index contributed by atoms with van der Waals surface area (Å²) in [4.78, 5) is 10.1. The fourth-order valence-electron chi connectivity index (χ4n) is 7.45. The molecule has 0 aliphatic heterocycles. The molecular formula is C41H31N3. The van der Waals surface area contributed by atoms with Gasteiger partial charge in [-0.2, -0.15) is 5.26 Å². The van der Waals surface area contributed by atoms with Crippen molar-refractivity contribution < 1.29 is 0 Å². The van der Waals surface area contributed by atoms with Gasteiger partial charge in [0.1, 0.15) is 0 Å². The summed E-state index contributed by atoms with van der Waals surface area (Å²) in [7, 11) is 0. The number of benzene rings is 5. The smallest absolute Gasteiger partial charge is 0.160 e. The molecule has 1 spiro atoms. The highest BCUT2D eigenvalue weighted by Gasteiger charge is 2.43. The Balaban J connectivity index is 1.30. The molecule has 3 nitrogen and oxygen atoms in total. The zero-order valence-electron chi connectivity index (χ0n) is 24.5. The summed E-state index contributed by atoms with van der Waals surface area (Å²) < 4.78 is 0. The van der Waals surface area contributed by atoms with Gasteiger partial charge in [0.25, 0.3) is 0 Å². The molecule has 1 fully saturated rings. The number of rotatable bonds is 4. The molecule has 2 aliphatic carbocycles. The second kappa shape index (κ2) is 10.7. The summed E-state index contributed by atoms with van der Waals surface area (Å²) in [5.74, 6) is 0.715. The summed E-state index contributed by atoms with van der Waals surface area (Å²) in [5, 5.41) is 9.73. The maximum Gasteiger partial charge on any atom is 0.160 e. The molecule has 0 saturated heterocycles. The molecule has 0 unspecified atom stereocenters. The minimum Gasteiger partial charge on any atom is -0.228 e. The van der Waals surface area contributed by atoms with E-state index in [-0.39, 0.29) is 5.41 Å². The van der Waals surface area contributed by atoms with Crippen molar-refractivity contribution >= 4 is 0 Å². The van der Waals surface area contributed by atoms with E-state index < -0.39 is 0 Å². The molecule has 3 heteroatoms. The lowest BCUT2D eigenvalue weighted by Gasteiger charge is -2.36. The van der Waals surface area contributed by atoms with Crippen LogP contribution in [0.2, 0.25) is 0 Å². The molecular weight excluding hydrogens is 534 g/mol. The molecule has 0 radical (unpaired) electrons. The Bertz CT molecular complexity index is 1990. The van der Waals surface area contributed by atoms with Gasteiger partial charge in [-0.15, -0.1) is 0 Å². The molecule has 1 heterocycles. The van der Waals surface area contributed by atoms with Crippen LogP contribution in [0.3, 0.4) is 0 Å². The molecule has 210 valence electrons. The van der Waals surface area contributed by atoms with Crippen molar-refractivity contribution in [2.75, 3.05) is 0 Å². The molecule has 1 saturated carbocycles. The fraction of sp³-hybridized carbons (Fsp3) is 0.146. The van der Waals surface area contributed by atoms with Gasteiger partial charge in [-0.25, -0.2) is 9.97 Å². The van der Waals surface area contributed by atoms with E-state index in [1.807, 2.05) is 42.5 Å². The van der Waals surface area contributed by atoms with Gasteiger partial charge in [0, 0.05) is 22.1 Å². The largest absolute Gasteiger partial charge is 0.228 e. The van der Waals surface area contributed by atoms with Gasteiger partial charge in [0.05, 0.1) is 23.0 Å². The molecule has 2 aliphatic rings. The molecule has 1 aromatic heterocycles. The maximum absolute atomic E-state index is 9.73. The second-order valence-electron chi connectivity index (χ2n) is 12.0. The van der Waals surface area contributed by atoms with E-state index in [4.69, 9.17) is 9.97 Å². The van der Waals surface area contributed by atoms with Crippen LogP contribution in [-0.4, -0.2) is 9.97 Å². The molecule has 0 bridgehead atoms. The quantitative estimate of drug-likeness (QED) is 0.214. The number of aromatic nitrogens is 2. The van der Waals surface area contributed by atoms with Gasteiger partial charge < -0.3 is 0 Å². The molecule has 8 rings (SSSR count). The predicted octanol–water partition coefficient (Wildman–Crippen LogP) is 10.2. The third-order valence-corrected chi connectivity index (χ3v) is 9.54. The third-order valence-electron chi connectivity index (χ3n) is 9.54. The molecule has 0 atom stereocenters. The van der Waals surface area contributed by atoms with Gasteiger partial charge in [-0.1, -0.05) is 122 Å². The maximum atomic E-state index is 9.73. The lowest BCUT2D eigenvalue weighted by molar-refractivity contribution is 0.353. The fourth-order valence-corrected chi connectivity index (χ4v) is 7.45. The van der Waals surface area contributed by atoms with Crippen molar-refractivity contribution in [1.29, 1.82) is 5.26 Å². The van der Waals surface area contributed by atoms with E-state index in [1.165, 1.54) is 47.1 Å². The number of fused-ring (bicyclic) bond motifs is 5. The Morgan fingerprint density at radius 2 is 1.18 bits per heavy atom. The molecule has 0 amide bonds. The van der Waals surface area contributed by atoms with Crippen molar-refractivity contribution in [2.24, 2.45) is 0 Å². The summed E-state index contributed by atoms with van der Waals surface area (Å²) in [6.07, 6.45) is 6.01. The van der Waals surface area contributed by atoms with Crippen LogP contribution in [0.1, 0.15) is 48.8 Å². The average molecular weight is 566 g/mol. The van der Waals surface area contributed by atoms with E-state index >= 15 is 0 Å². The van der Waals surface area contributed by atoms with E-state index in [0.29, 0.717) is 5.82 Å². The summed E-state index contributed by atoms with van der Waals surface area (Å²) in [5.41, 5.74) is 13.4. The average Bonchev–Trinajstić information content (AvgIpc) is 3.36. The highest BCUT2D eigenvalue weighted by molar-refractivity contribution is 5.89. The zero-order valence-corrected chi connectivity index (χ0v) is 24.5. The first-order valence-corrected chi connectivity index (χ1v) is 15.5. The normalized spacial score (nSPS) is 14.5. The topological polar surface area (TPSA) is 49.6 Å². The Morgan fingerprint density at radius 1 is 0.500 bits per heavy atom. The summed E-state index contributed by atoms with van der Waals surface area (Å²) in [6, 6.07) is 47.0. The Hall–Kier alpha value is -5.33. The van der Waals surface area contributed by atoms with Crippen molar-refractivity contribution in [2.45, 2.75) is 37.5 Å². The van der Waals surface area contributed by atoms with Gasteiger partial charge >= 0.3 is 0 Å². The first kappa shape index (κ1) is 26.3. The van der Waals surface area contributed by atoms with Crippen LogP contribution in [0.15, 0.2) is 127 Å². The number of nitriles is 1. The van der Waals surface area contributed by atoms with Gasteiger partial charge in [-0.05, 0) is 70.5 Å². The molecule has 5 aromatic carbocycles. The van der Waals surface area contributed by atoms with Crippen molar-refractivity contribution in [3.63, 3.8) is 0 Å². The molecule has 6 aromatic rings. The van der Waals surface area contributed by atoms with E-state index in [2.05, 4.69) is 91.0 Å². The lowest BCUT2D eigenvalue weighted by atomic mass is 9.67. The SMILES string of the molecule is N#Cc1ccc2c(c1)C1(CCCCC1)c1ccc(-c3ccccc3-c3cc(-c4ccccc4)nc(-c4ccccc4)n3)cc1-2. The number of nitrogens with zero attached hydrogens (tertiary/aromatic N) is 3. The van der Waals surface area contributed by atoms with Crippen molar-refractivity contribution in [3.05, 3.63) is 144 Å². The van der Waals surface area contributed by atoms with Crippen LogP contribution in [0.5, 0.6) is 0 Å². The minimum atomic E-state index is 0.00957. The van der Waals surface area contributed by atoms with Crippen LogP contribution < -0.4 is 0 Å².